The number of hydrogen-bond donors (Lipinski definition) is 0. The van der Waals surface area contributed by atoms with Crippen molar-refractivity contribution in [3.63, 3.8) is 0 Å². The van der Waals surface area contributed by atoms with Gasteiger partial charge in [0.05, 0.1) is 19.8 Å². The van der Waals surface area contributed by atoms with E-state index in [0.29, 0.717) is 37.8 Å². The van der Waals surface area contributed by atoms with Gasteiger partial charge in [0.25, 0.3) is 0 Å². The number of morpholine rings is 1. The molecule has 1 amide bonds. The summed E-state index contributed by atoms with van der Waals surface area (Å²) in [6, 6.07) is 1.15. The van der Waals surface area contributed by atoms with Crippen LogP contribution in [0.1, 0.15) is 40.0 Å². The Kier molecular flexibility index (Phi) is 5.22. The molecule has 1 saturated heterocycles. The number of carbonyl (C=O) groups is 1. The first-order valence-electron chi connectivity index (χ1n) is 7.74. The molecule has 4 nitrogen and oxygen atoms in total. The van der Waals surface area contributed by atoms with E-state index in [2.05, 4.69) is 25.7 Å². The Bertz CT molecular complexity index is 299. The summed E-state index contributed by atoms with van der Waals surface area (Å²) in [6.07, 6.45) is 3.70. The highest BCUT2D eigenvalue weighted by atomic mass is 16.5. The van der Waals surface area contributed by atoms with Gasteiger partial charge in [0.15, 0.2) is 0 Å². The molecular formula is C15H28N2O2. The Morgan fingerprint density at radius 1 is 1.32 bits per heavy atom. The van der Waals surface area contributed by atoms with Crippen LogP contribution in [0.15, 0.2) is 0 Å². The number of ether oxygens (including phenoxy) is 1. The molecule has 2 aliphatic rings. The minimum absolute atomic E-state index is 0.283. The van der Waals surface area contributed by atoms with E-state index in [1.807, 2.05) is 4.90 Å². The molecule has 0 unspecified atom stereocenters. The van der Waals surface area contributed by atoms with E-state index in [1.165, 1.54) is 19.3 Å². The minimum Gasteiger partial charge on any atom is -0.378 e. The van der Waals surface area contributed by atoms with Crippen LogP contribution in [0.5, 0.6) is 0 Å². The lowest BCUT2D eigenvalue weighted by atomic mass is 9.99. The molecule has 2 atom stereocenters. The Morgan fingerprint density at radius 2 is 1.95 bits per heavy atom. The van der Waals surface area contributed by atoms with Crippen LogP contribution in [0.4, 0.5) is 0 Å². The third-order valence-electron chi connectivity index (χ3n) is 4.69. The molecule has 19 heavy (non-hydrogen) atoms. The fourth-order valence-corrected chi connectivity index (χ4v) is 2.75. The second-order valence-electron chi connectivity index (χ2n) is 6.02. The van der Waals surface area contributed by atoms with Crippen LogP contribution >= 0.6 is 0 Å². The van der Waals surface area contributed by atoms with Crippen molar-refractivity contribution in [1.82, 2.24) is 9.80 Å². The summed E-state index contributed by atoms with van der Waals surface area (Å²) in [5, 5.41) is 0. The lowest BCUT2D eigenvalue weighted by molar-refractivity contribution is -0.137. The van der Waals surface area contributed by atoms with Gasteiger partial charge in [0.2, 0.25) is 5.91 Å². The van der Waals surface area contributed by atoms with Gasteiger partial charge in [-0.2, -0.15) is 0 Å². The number of amides is 1. The van der Waals surface area contributed by atoms with E-state index in [-0.39, 0.29) is 5.91 Å². The first kappa shape index (κ1) is 14.8. The standard InChI is InChI=1S/C15H28N2O2/c1-4-12(2)13(3)17(14-5-6-14)11-15(18)16-7-9-19-10-8-16/h12-14H,4-11H2,1-3H3/t12-,13-/m1/s1. The molecule has 1 saturated carbocycles. The molecule has 1 aliphatic carbocycles. The van der Waals surface area contributed by atoms with Crippen LogP contribution in [0.2, 0.25) is 0 Å². The SMILES string of the molecule is CC[C@@H](C)[C@@H](C)N(CC(=O)N1CCOCC1)C1CC1. The zero-order valence-electron chi connectivity index (χ0n) is 12.6. The van der Waals surface area contributed by atoms with Gasteiger partial charge in [-0.3, -0.25) is 9.69 Å². The van der Waals surface area contributed by atoms with Gasteiger partial charge in [0.1, 0.15) is 0 Å². The van der Waals surface area contributed by atoms with Gasteiger partial charge in [-0.25, -0.2) is 0 Å². The fourth-order valence-electron chi connectivity index (χ4n) is 2.75. The van der Waals surface area contributed by atoms with Gasteiger partial charge in [-0.15, -0.1) is 0 Å². The normalized spacial score (nSPS) is 23.5. The van der Waals surface area contributed by atoms with Crippen LogP contribution in [-0.2, 0) is 9.53 Å². The highest BCUT2D eigenvalue weighted by molar-refractivity contribution is 5.78. The largest absolute Gasteiger partial charge is 0.378 e. The first-order chi connectivity index (χ1) is 9.13. The highest BCUT2D eigenvalue weighted by Gasteiger charge is 2.35. The summed E-state index contributed by atoms with van der Waals surface area (Å²) in [6.45, 7) is 10.3. The lowest BCUT2D eigenvalue weighted by Gasteiger charge is -2.35. The second kappa shape index (κ2) is 6.71. The monoisotopic (exact) mass is 268 g/mol. The maximum atomic E-state index is 12.4. The van der Waals surface area contributed by atoms with Crippen molar-refractivity contribution >= 4 is 5.91 Å². The third kappa shape index (κ3) is 3.93. The quantitative estimate of drug-likeness (QED) is 0.735. The zero-order valence-corrected chi connectivity index (χ0v) is 12.6. The molecule has 1 aliphatic heterocycles. The van der Waals surface area contributed by atoms with E-state index in [4.69, 9.17) is 4.74 Å². The van der Waals surface area contributed by atoms with Gasteiger partial charge >= 0.3 is 0 Å². The predicted molar refractivity (Wildman–Crippen MR) is 76.0 cm³/mol. The van der Waals surface area contributed by atoms with E-state index < -0.39 is 0 Å². The van der Waals surface area contributed by atoms with Crippen molar-refractivity contribution in [2.75, 3.05) is 32.8 Å². The van der Waals surface area contributed by atoms with Crippen molar-refractivity contribution in [2.45, 2.75) is 52.1 Å². The summed E-state index contributed by atoms with van der Waals surface area (Å²) in [4.78, 5) is 16.8. The molecular weight excluding hydrogens is 240 g/mol. The molecule has 0 spiro atoms. The van der Waals surface area contributed by atoms with Crippen LogP contribution in [0, 0.1) is 5.92 Å². The topological polar surface area (TPSA) is 32.8 Å². The molecule has 0 radical (unpaired) electrons. The Morgan fingerprint density at radius 3 is 2.47 bits per heavy atom. The molecule has 1 heterocycles. The van der Waals surface area contributed by atoms with Crippen molar-refractivity contribution in [1.29, 1.82) is 0 Å². The van der Waals surface area contributed by atoms with E-state index in [0.717, 1.165) is 13.1 Å². The molecule has 4 heteroatoms. The average molecular weight is 268 g/mol. The number of carbonyl (C=O) groups excluding carboxylic acids is 1. The molecule has 0 bridgehead atoms. The van der Waals surface area contributed by atoms with Crippen LogP contribution in [0.25, 0.3) is 0 Å². The summed E-state index contributed by atoms with van der Waals surface area (Å²) in [7, 11) is 0. The summed E-state index contributed by atoms with van der Waals surface area (Å²) < 4.78 is 5.31. The van der Waals surface area contributed by atoms with Crippen molar-refractivity contribution < 1.29 is 9.53 Å². The summed E-state index contributed by atoms with van der Waals surface area (Å²) >= 11 is 0. The molecule has 0 aromatic carbocycles. The van der Waals surface area contributed by atoms with Gasteiger partial charge in [-0.05, 0) is 25.7 Å². The number of nitrogens with zero attached hydrogens (tertiary/aromatic N) is 2. The van der Waals surface area contributed by atoms with Crippen LogP contribution in [-0.4, -0.2) is 60.6 Å². The van der Waals surface area contributed by atoms with Gasteiger partial charge in [-0.1, -0.05) is 20.3 Å². The third-order valence-corrected chi connectivity index (χ3v) is 4.69. The summed E-state index contributed by atoms with van der Waals surface area (Å²) in [5.74, 6) is 0.934. The number of hydrogen-bond acceptors (Lipinski definition) is 3. The Balaban J connectivity index is 1.90. The van der Waals surface area contributed by atoms with Crippen molar-refractivity contribution in [3.8, 4) is 0 Å². The fraction of sp³-hybridized carbons (Fsp3) is 0.933. The minimum atomic E-state index is 0.283. The number of rotatable bonds is 6. The smallest absolute Gasteiger partial charge is 0.236 e. The van der Waals surface area contributed by atoms with E-state index in [9.17, 15) is 4.79 Å². The maximum absolute atomic E-state index is 12.4. The van der Waals surface area contributed by atoms with Crippen molar-refractivity contribution in [3.05, 3.63) is 0 Å². The first-order valence-corrected chi connectivity index (χ1v) is 7.74. The van der Waals surface area contributed by atoms with Gasteiger partial charge < -0.3 is 9.64 Å². The predicted octanol–water partition coefficient (Wildman–Crippen LogP) is 1.74. The molecule has 0 aromatic heterocycles. The van der Waals surface area contributed by atoms with Crippen LogP contribution < -0.4 is 0 Å². The van der Waals surface area contributed by atoms with E-state index >= 15 is 0 Å². The molecule has 2 rings (SSSR count). The van der Waals surface area contributed by atoms with Crippen molar-refractivity contribution in [2.24, 2.45) is 5.92 Å². The second-order valence-corrected chi connectivity index (χ2v) is 6.02. The zero-order chi connectivity index (χ0) is 13.8. The highest BCUT2D eigenvalue weighted by Crippen LogP contribution is 2.31. The van der Waals surface area contributed by atoms with E-state index in [1.54, 1.807) is 0 Å². The van der Waals surface area contributed by atoms with Crippen LogP contribution in [0.3, 0.4) is 0 Å². The average Bonchev–Trinajstić information content (AvgIpc) is 3.28. The molecule has 110 valence electrons. The van der Waals surface area contributed by atoms with Gasteiger partial charge in [0, 0.05) is 25.2 Å². The molecule has 2 fully saturated rings. The maximum Gasteiger partial charge on any atom is 0.236 e. The summed E-state index contributed by atoms with van der Waals surface area (Å²) in [5.41, 5.74) is 0. The molecule has 0 aromatic rings. The Hall–Kier alpha value is -0.610. The lowest BCUT2D eigenvalue weighted by Crippen LogP contribution is -2.49. The molecule has 0 N–H and O–H groups in total. The Labute approximate surface area is 117 Å².